The van der Waals surface area contributed by atoms with E-state index in [0.717, 1.165) is 12.8 Å². The van der Waals surface area contributed by atoms with E-state index in [9.17, 15) is 9.59 Å². The van der Waals surface area contributed by atoms with E-state index in [4.69, 9.17) is 4.74 Å². The largest absolute Gasteiger partial charge is 0.463 e. The van der Waals surface area contributed by atoms with Gasteiger partial charge in [-0.15, -0.1) is 0 Å². The Kier molecular flexibility index (Phi) is 5.93. The fourth-order valence-electron chi connectivity index (χ4n) is 0.732. The molecule has 0 aromatic heterocycles. The zero-order valence-corrected chi connectivity index (χ0v) is 8.33. The summed E-state index contributed by atoms with van der Waals surface area (Å²) in [5.41, 5.74) is 0. The molecule has 0 aliphatic carbocycles. The number of ether oxygens (including phenoxy) is 2. The van der Waals surface area contributed by atoms with Crippen molar-refractivity contribution in [1.82, 2.24) is 0 Å². The normalized spacial score (nSPS) is 11.9. The Balaban J connectivity index is 3.63. The van der Waals surface area contributed by atoms with Crippen LogP contribution in [0, 0.1) is 0 Å². The van der Waals surface area contributed by atoms with Crippen molar-refractivity contribution in [2.24, 2.45) is 0 Å². The van der Waals surface area contributed by atoms with Crippen LogP contribution in [0.2, 0.25) is 0 Å². The van der Waals surface area contributed by atoms with Gasteiger partial charge in [0.15, 0.2) is 6.10 Å². The Labute approximate surface area is 78.2 Å². The van der Waals surface area contributed by atoms with Gasteiger partial charge in [0.25, 0.3) is 0 Å². The second-order valence-electron chi connectivity index (χ2n) is 2.77. The average Bonchev–Trinajstić information content (AvgIpc) is 2.03. The van der Waals surface area contributed by atoms with Crippen LogP contribution in [0.15, 0.2) is 0 Å². The van der Waals surface area contributed by atoms with Crippen LogP contribution < -0.4 is 0 Å². The van der Waals surface area contributed by atoms with Gasteiger partial charge in [-0.1, -0.05) is 13.3 Å². The summed E-state index contributed by atoms with van der Waals surface area (Å²) in [7, 11) is 0. The van der Waals surface area contributed by atoms with E-state index in [0.29, 0.717) is 6.61 Å². The van der Waals surface area contributed by atoms with Crippen molar-refractivity contribution in [1.29, 1.82) is 0 Å². The lowest BCUT2D eigenvalue weighted by molar-refractivity contribution is -0.165. The molecule has 76 valence electrons. The van der Waals surface area contributed by atoms with Crippen molar-refractivity contribution >= 4 is 11.9 Å². The third-order valence-corrected chi connectivity index (χ3v) is 1.42. The molecule has 0 fully saturated rings. The van der Waals surface area contributed by atoms with Crippen LogP contribution in [-0.2, 0) is 19.1 Å². The molecule has 0 aliphatic heterocycles. The molecule has 0 bridgehead atoms. The predicted molar refractivity (Wildman–Crippen MR) is 47.1 cm³/mol. The van der Waals surface area contributed by atoms with Crippen LogP contribution >= 0.6 is 0 Å². The number of hydrogen-bond acceptors (Lipinski definition) is 4. The summed E-state index contributed by atoms with van der Waals surface area (Å²) in [6.07, 6.45) is 1.00. The first-order chi connectivity index (χ1) is 6.07. The Morgan fingerprint density at radius 3 is 2.46 bits per heavy atom. The molecule has 0 aliphatic rings. The van der Waals surface area contributed by atoms with Crippen molar-refractivity contribution in [2.45, 2.75) is 39.7 Å². The molecule has 0 heterocycles. The Morgan fingerprint density at radius 2 is 2.00 bits per heavy atom. The van der Waals surface area contributed by atoms with Crippen LogP contribution in [0.4, 0.5) is 0 Å². The summed E-state index contributed by atoms with van der Waals surface area (Å²) < 4.78 is 9.46. The molecule has 0 N–H and O–H groups in total. The van der Waals surface area contributed by atoms with E-state index in [1.54, 1.807) is 0 Å². The molecule has 0 radical (unpaired) electrons. The van der Waals surface area contributed by atoms with Gasteiger partial charge >= 0.3 is 11.9 Å². The second-order valence-corrected chi connectivity index (χ2v) is 2.77. The molecule has 4 heteroatoms. The fourth-order valence-corrected chi connectivity index (χ4v) is 0.732. The Morgan fingerprint density at radius 1 is 1.38 bits per heavy atom. The third kappa shape index (κ3) is 6.13. The standard InChI is InChI=1S/C9H16O4/c1-4-5-6-12-9(11)7(2)13-8(3)10/h7H,4-6H2,1-3H3/t7-/m1/s1. The zero-order valence-electron chi connectivity index (χ0n) is 8.33. The van der Waals surface area contributed by atoms with Gasteiger partial charge in [-0.2, -0.15) is 0 Å². The number of esters is 2. The first-order valence-corrected chi connectivity index (χ1v) is 4.41. The van der Waals surface area contributed by atoms with E-state index >= 15 is 0 Å². The molecule has 0 rings (SSSR count). The summed E-state index contributed by atoms with van der Waals surface area (Å²) in [5, 5.41) is 0. The highest BCUT2D eigenvalue weighted by molar-refractivity contribution is 5.78. The van der Waals surface area contributed by atoms with E-state index < -0.39 is 18.0 Å². The molecule has 4 nitrogen and oxygen atoms in total. The first kappa shape index (κ1) is 11.9. The predicted octanol–water partition coefficient (Wildman–Crippen LogP) is 1.28. The van der Waals surface area contributed by atoms with Gasteiger partial charge in [0, 0.05) is 6.92 Å². The van der Waals surface area contributed by atoms with Gasteiger partial charge in [-0.05, 0) is 13.3 Å². The monoisotopic (exact) mass is 188 g/mol. The van der Waals surface area contributed by atoms with Crippen LogP contribution in [0.1, 0.15) is 33.6 Å². The van der Waals surface area contributed by atoms with E-state index in [1.165, 1.54) is 13.8 Å². The molecule has 0 aromatic carbocycles. The molecular weight excluding hydrogens is 172 g/mol. The number of unbranched alkanes of at least 4 members (excludes halogenated alkanes) is 1. The number of carbonyl (C=O) groups is 2. The molecule has 0 saturated heterocycles. The van der Waals surface area contributed by atoms with Gasteiger partial charge in [0.05, 0.1) is 6.61 Å². The number of carbonyl (C=O) groups excluding carboxylic acids is 2. The van der Waals surface area contributed by atoms with Gasteiger partial charge in [0.1, 0.15) is 0 Å². The fraction of sp³-hybridized carbons (Fsp3) is 0.778. The lowest BCUT2D eigenvalue weighted by Crippen LogP contribution is -2.25. The third-order valence-electron chi connectivity index (χ3n) is 1.42. The number of hydrogen-bond donors (Lipinski definition) is 0. The highest BCUT2D eigenvalue weighted by atomic mass is 16.6. The van der Waals surface area contributed by atoms with Crippen LogP contribution in [-0.4, -0.2) is 24.6 Å². The van der Waals surface area contributed by atoms with E-state index in [2.05, 4.69) is 4.74 Å². The summed E-state index contributed by atoms with van der Waals surface area (Å²) in [5.74, 6) is -0.955. The molecule has 0 saturated carbocycles. The lowest BCUT2D eigenvalue weighted by atomic mass is 10.3. The van der Waals surface area contributed by atoms with Crippen molar-refractivity contribution in [3.05, 3.63) is 0 Å². The summed E-state index contributed by atoms with van der Waals surface area (Å²) in [4.78, 5) is 21.5. The lowest BCUT2D eigenvalue weighted by Gasteiger charge is -2.10. The highest BCUT2D eigenvalue weighted by Gasteiger charge is 2.16. The SMILES string of the molecule is CCCCOC(=O)[C@@H](C)OC(C)=O. The quantitative estimate of drug-likeness (QED) is 0.481. The van der Waals surface area contributed by atoms with Gasteiger partial charge in [-0.3, -0.25) is 4.79 Å². The Bertz CT molecular complexity index is 176. The van der Waals surface area contributed by atoms with Crippen molar-refractivity contribution in [2.75, 3.05) is 6.61 Å². The molecule has 1 atom stereocenters. The van der Waals surface area contributed by atoms with Crippen molar-refractivity contribution < 1.29 is 19.1 Å². The van der Waals surface area contributed by atoms with Gasteiger partial charge in [0.2, 0.25) is 0 Å². The smallest absolute Gasteiger partial charge is 0.347 e. The minimum atomic E-state index is -0.797. The molecule has 0 spiro atoms. The maximum atomic E-state index is 11.1. The highest BCUT2D eigenvalue weighted by Crippen LogP contribution is 1.97. The molecule has 13 heavy (non-hydrogen) atoms. The first-order valence-electron chi connectivity index (χ1n) is 4.41. The van der Waals surface area contributed by atoms with E-state index in [-0.39, 0.29) is 0 Å². The summed E-state index contributed by atoms with van der Waals surface area (Å²) >= 11 is 0. The molecule has 0 unspecified atom stereocenters. The minimum absolute atomic E-state index is 0.390. The summed E-state index contributed by atoms with van der Waals surface area (Å²) in [6.45, 7) is 5.15. The van der Waals surface area contributed by atoms with Crippen molar-refractivity contribution in [3.8, 4) is 0 Å². The number of rotatable bonds is 5. The van der Waals surface area contributed by atoms with Crippen LogP contribution in [0.5, 0.6) is 0 Å². The molecular formula is C9H16O4. The minimum Gasteiger partial charge on any atom is -0.463 e. The van der Waals surface area contributed by atoms with Crippen LogP contribution in [0.25, 0.3) is 0 Å². The van der Waals surface area contributed by atoms with Gasteiger partial charge < -0.3 is 9.47 Å². The second kappa shape index (κ2) is 6.46. The maximum Gasteiger partial charge on any atom is 0.347 e. The summed E-state index contributed by atoms with van der Waals surface area (Å²) in [6, 6.07) is 0. The molecule has 0 aromatic rings. The van der Waals surface area contributed by atoms with Gasteiger partial charge in [-0.25, -0.2) is 4.79 Å². The van der Waals surface area contributed by atoms with Crippen molar-refractivity contribution in [3.63, 3.8) is 0 Å². The maximum absolute atomic E-state index is 11.1. The topological polar surface area (TPSA) is 52.6 Å². The zero-order chi connectivity index (χ0) is 10.3. The average molecular weight is 188 g/mol. The molecule has 0 amide bonds. The Hall–Kier alpha value is -1.06. The van der Waals surface area contributed by atoms with Crippen LogP contribution in [0.3, 0.4) is 0 Å². The van der Waals surface area contributed by atoms with E-state index in [1.807, 2.05) is 6.92 Å².